The molecule has 0 spiro atoms. The van der Waals surface area contributed by atoms with E-state index in [4.69, 9.17) is 5.73 Å². The van der Waals surface area contributed by atoms with Crippen LogP contribution < -0.4 is 5.73 Å². The summed E-state index contributed by atoms with van der Waals surface area (Å²) in [6.45, 7) is 3.50. The largest absolute Gasteiger partial charge is 0.327 e. The van der Waals surface area contributed by atoms with Crippen LogP contribution in [-0.2, 0) is 19.6 Å². The summed E-state index contributed by atoms with van der Waals surface area (Å²) in [4.78, 5) is 4.38. The lowest BCUT2D eigenvalue weighted by molar-refractivity contribution is 0.593. The summed E-state index contributed by atoms with van der Waals surface area (Å²) in [5, 5.41) is 7.92. The minimum Gasteiger partial charge on any atom is -0.327 e. The number of hydrogen-bond donors (Lipinski definition) is 1. The SMILES string of the molecule is CCn1c(Cn2cc(CN)nn2)nc2c(F)cccc21. The molecule has 1 aromatic carbocycles. The predicted molar refractivity (Wildman–Crippen MR) is 72.4 cm³/mol. The summed E-state index contributed by atoms with van der Waals surface area (Å²) in [7, 11) is 0. The van der Waals surface area contributed by atoms with Crippen LogP contribution in [0.5, 0.6) is 0 Å². The smallest absolute Gasteiger partial charge is 0.151 e. The fraction of sp³-hybridized carbons (Fsp3) is 0.308. The van der Waals surface area contributed by atoms with Gasteiger partial charge in [0.05, 0.1) is 17.4 Å². The highest BCUT2D eigenvalue weighted by atomic mass is 19.1. The first-order valence-corrected chi connectivity index (χ1v) is 6.45. The van der Waals surface area contributed by atoms with Crippen molar-refractivity contribution in [2.75, 3.05) is 0 Å². The standard InChI is InChI=1S/C13H15FN6/c1-2-20-11-5-3-4-10(14)13(11)16-12(20)8-19-7-9(6-15)17-18-19/h3-5,7H,2,6,8,15H2,1H3. The van der Waals surface area contributed by atoms with Gasteiger partial charge in [-0.3, -0.25) is 0 Å². The van der Waals surface area contributed by atoms with E-state index in [2.05, 4.69) is 15.3 Å². The number of benzene rings is 1. The highest BCUT2D eigenvalue weighted by molar-refractivity contribution is 5.76. The molecule has 0 amide bonds. The van der Waals surface area contributed by atoms with Gasteiger partial charge >= 0.3 is 0 Å². The molecule has 6 nitrogen and oxygen atoms in total. The van der Waals surface area contributed by atoms with Crippen molar-refractivity contribution in [1.29, 1.82) is 0 Å². The van der Waals surface area contributed by atoms with E-state index in [1.54, 1.807) is 16.9 Å². The Bertz CT molecular complexity index is 744. The molecule has 0 saturated carbocycles. The van der Waals surface area contributed by atoms with Crippen molar-refractivity contribution in [2.24, 2.45) is 5.73 Å². The van der Waals surface area contributed by atoms with E-state index in [1.807, 2.05) is 17.6 Å². The molecule has 2 aromatic heterocycles. The van der Waals surface area contributed by atoms with Crippen molar-refractivity contribution in [3.05, 3.63) is 41.7 Å². The van der Waals surface area contributed by atoms with Gasteiger partial charge in [0.25, 0.3) is 0 Å². The first-order chi connectivity index (χ1) is 9.72. The van der Waals surface area contributed by atoms with Crippen LogP contribution in [0, 0.1) is 5.82 Å². The molecular formula is C13H15FN6. The van der Waals surface area contributed by atoms with Crippen LogP contribution in [0.4, 0.5) is 4.39 Å². The van der Waals surface area contributed by atoms with Gasteiger partial charge in [-0.15, -0.1) is 5.10 Å². The van der Waals surface area contributed by atoms with Crippen LogP contribution in [0.2, 0.25) is 0 Å². The molecule has 7 heteroatoms. The van der Waals surface area contributed by atoms with Gasteiger partial charge in [-0.1, -0.05) is 11.3 Å². The van der Waals surface area contributed by atoms with Crippen molar-refractivity contribution < 1.29 is 4.39 Å². The molecule has 0 saturated heterocycles. The van der Waals surface area contributed by atoms with Crippen molar-refractivity contribution in [2.45, 2.75) is 26.6 Å². The molecule has 3 aromatic rings. The topological polar surface area (TPSA) is 74.5 Å². The number of halogens is 1. The second-order valence-electron chi connectivity index (χ2n) is 4.49. The highest BCUT2D eigenvalue weighted by Gasteiger charge is 2.13. The van der Waals surface area contributed by atoms with E-state index in [9.17, 15) is 4.39 Å². The number of hydrogen-bond acceptors (Lipinski definition) is 4. The van der Waals surface area contributed by atoms with E-state index in [1.165, 1.54) is 6.07 Å². The van der Waals surface area contributed by atoms with Gasteiger partial charge < -0.3 is 10.3 Å². The second kappa shape index (κ2) is 5.01. The summed E-state index contributed by atoms with van der Waals surface area (Å²) < 4.78 is 17.4. The summed E-state index contributed by atoms with van der Waals surface area (Å²) >= 11 is 0. The number of aromatic nitrogens is 5. The van der Waals surface area contributed by atoms with Crippen LogP contribution in [0.25, 0.3) is 11.0 Å². The van der Waals surface area contributed by atoms with Gasteiger partial charge in [-0.25, -0.2) is 14.1 Å². The lowest BCUT2D eigenvalue weighted by Crippen LogP contribution is -2.08. The second-order valence-corrected chi connectivity index (χ2v) is 4.49. The molecule has 20 heavy (non-hydrogen) atoms. The number of aryl methyl sites for hydroxylation is 1. The molecular weight excluding hydrogens is 259 g/mol. The molecule has 2 N–H and O–H groups in total. The van der Waals surface area contributed by atoms with E-state index in [-0.39, 0.29) is 5.82 Å². The minimum absolute atomic E-state index is 0.308. The highest BCUT2D eigenvalue weighted by Crippen LogP contribution is 2.19. The average molecular weight is 274 g/mol. The van der Waals surface area contributed by atoms with Crippen LogP contribution in [0.3, 0.4) is 0 Å². The fourth-order valence-corrected chi connectivity index (χ4v) is 2.29. The Kier molecular flexibility index (Phi) is 3.19. The summed E-state index contributed by atoms with van der Waals surface area (Å²) in [6, 6.07) is 4.98. The maximum Gasteiger partial charge on any atom is 0.151 e. The molecule has 3 rings (SSSR count). The van der Waals surface area contributed by atoms with Crippen molar-refractivity contribution in [3.8, 4) is 0 Å². The third-order valence-electron chi connectivity index (χ3n) is 3.22. The van der Waals surface area contributed by atoms with Crippen molar-refractivity contribution in [1.82, 2.24) is 24.5 Å². The summed E-state index contributed by atoms with van der Waals surface area (Å²) in [6.07, 6.45) is 1.77. The zero-order chi connectivity index (χ0) is 14.1. The van der Waals surface area contributed by atoms with E-state index < -0.39 is 0 Å². The Labute approximate surface area is 115 Å². The fourth-order valence-electron chi connectivity index (χ4n) is 2.29. The van der Waals surface area contributed by atoms with Crippen molar-refractivity contribution in [3.63, 3.8) is 0 Å². The molecule has 0 bridgehead atoms. The van der Waals surface area contributed by atoms with Crippen LogP contribution in [0.15, 0.2) is 24.4 Å². The first-order valence-electron chi connectivity index (χ1n) is 6.45. The van der Waals surface area contributed by atoms with Crippen LogP contribution >= 0.6 is 0 Å². The zero-order valence-electron chi connectivity index (χ0n) is 11.1. The number of para-hydroxylation sites is 1. The average Bonchev–Trinajstić information content (AvgIpc) is 3.04. The first kappa shape index (κ1) is 12.7. The molecule has 2 heterocycles. The van der Waals surface area contributed by atoms with Gasteiger partial charge in [0.1, 0.15) is 17.9 Å². The maximum atomic E-state index is 13.8. The van der Waals surface area contributed by atoms with Gasteiger partial charge in [0, 0.05) is 13.1 Å². The Balaban J connectivity index is 2.04. The van der Waals surface area contributed by atoms with Crippen LogP contribution in [-0.4, -0.2) is 24.5 Å². The Hall–Kier alpha value is -2.28. The zero-order valence-corrected chi connectivity index (χ0v) is 11.1. The normalized spacial score (nSPS) is 11.3. The number of fused-ring (bicyclic) bond motifs is 1. The summed E-state index contributed by atoms with van der Waals surface area (Å²) in [5.41, 5.74) is 7.41. The lowest BCUT2D eigenvalue weighted by atomic mass is 10.3. The Morgan fingerprint density at radius 3 is 2.90 bits per heavy atom. The molecule has 0 atom stereocenters. The molecule has 0 radical (unpaired) electrons. The van der Waals surface area contributed by atoms with Crippen molar-refractivity contribution >= 4 is 11.0 Å². The number of nitrogens with zero attached hydrogens (tertiary/aromatic N) is 5. The predicted octanol–water partition coefficient (Wildman–Crippen LogP) is 1.29. The van der Waals surface area contributed by atoms with Crippen LogP contribution in [0.1, 0.15) is 18.4 Å². The number of imidazole rings is 1. The van der Waals surface area contributed by atoms with E-state index in [0.717, 1.165) is 17.0 Å². The van der Waals surface area contributed by atoms with Gasteiger partial charge in [0.2, 0.25) is 0 Å². The minimum atomic E-state index is -0.308. The maximum absolute atomic E-state index is 13.8. The summed E-state index contributed by atoms with van der Waals surface area (Å²) in [5.74, 6) is 0.443. The molecule has 0 unspecified atom stereocenters. The lowest BCUT2D eigenvalue weighted by Gasteiger charge is -2.05. The van der Waals surface area contributed by atoms with E-state index in [0.29, 0.717) is 25.2 Å². The van der Waals surface area contributed by atoms with Gasteiger partial charge in [-0.2, -0.15) is 0 Å². The molecule has 0 aliphatic carbocycles. The molecule has 104 valence electrons. The Morgan fingerprint density at radius 1 is 1.35 bits per heavy atom. The third-order valence-corrected chi connectivity index (χ3v) is 3.22. The van der Waals surface area contributed by atoms with Gasteiger partial charge in [-0.05, 0) is 19.1 Å². The van der Waals surface area contributed by atoms with Gasteiger partial charge in [0.15, 0.2) is 5.82 Å². The monoisotopic (exact) mass is 274 g/mol. The third kappa shape index (κ3) is 2.05. The Morgan fingerprint density at radius 2 is 2.20 bits per heavy atom. The quantitative estimate of drug-likeness (QED) is 0.778. The number of nitrogens with two attached hydrogens (primary N) is 1. The van der Waals surface area contributed by atoms with E-state index >= 15 is 0 Å². The molecule has 0 fully saturated rings. The molecule has 0 aliphatic rings. The molecule has 0 aliphatic heterocycles. The number of rotatable bonds is 4.